The number of primary amides is 1. The molecular weight excluding hydrogens is 476 g/mol. The molecule has 4 rings (SSSR count). The van der Waals surface area contributed by atoms with Gasteiger partial charge in [0.15, 0.2) is 0 Å². The predicted octanol–water partition coefficient (Wildman–Crippen LogP) is 4.32. The van der Waals surface area contributed by atoms with E-state index in [1.165, 1.54) is 26.3 Å². The summed E-state index contributed by atoms with van der Waals surface area (Å²) in [4.78, 5) is 25.8. The summed E-state index contributed by atoms with van der Waals surface area (Å²) >= 11 is 5.94. The van der Waals surface area contributed by atoms with E-state index in [-0.39, 0.29) is 11.3 Å². The van der Waals surface area contributed by atoms with E-state index in [1.54, 1.807) is 48.5 Å². The number of carbonyl (C=O) groups is 2. The van der Waals surface area contributed by atoms with Crippen molar-refractivity contribution in [3.63, 3.8) is 0 Å². The zero-order valence-electron chi connectivity index (χ0n) is 18.6. The molecule has 3 aromatic carbocycles. The first kappa shape index (κ1) is 23.9. The second kappa shape index (κ2) is 8.54. The van der Waals surface area contributed by atoms with Crippen LogP contribution in [0.5, 0.6) is 0 Å². The van der Waals surface area contributed by atoms with E-state index in [0.717, 1.165) is 16.7 Å². The predicted molar refractivity (Wildman–Crippen MR) is 128 cm³/mol. The van der Waals surface area contributed by atoms with Crippen molar-refractivity contribution in [1.82, 2.24) is 0 Å². The maximum atomic E-state index is 13.9. The van der Waals surface area contributed by atoms with Gasteiger partial charge in [-0.15, -0.1) is 3.89 Å². The third-order valence-electron chi connectivity index (χ3n) is 6.66. The number of quaternary nitrogens is 1. The maximum Gasteiger partial charge on any atom is 0.430 e. The van der Waals surface area contributed by atoms with E-state index < -0.39 is 37.4 Å². The number of sulfonamides is 1. The number of carbonyl (C=O) groups excluding carboxylic acids is 2. The highest BCUT2D eigenvalue weighted by molar-refractivity contribution is 7.86. The Morgan fingerprint density at radius 2 is 1.50 bits per heavy atom. The van der Waals surface area contributed by atoms with Gasteiger partial charge in [0, 0.05) is 11.4 Å². The molecule has 0 aromatic heterocycles. The zero-order chi connectivity index (χ0) is 24.7. The number of esters is 1. The van der Waals surface area contributed by atoms with Gasteiger partial charge < -0.3 is 10.5 Å². The van der Waals surface area contributed by atoms with Crippen LogP contribution in [0.1, 0.15) is 17.9 Å². The molecule has 2 N–H and O–H groups in total. The van der Waals surface area contributed by atoms with Gasteiger partial charge in [-0.05, 0) is 41.0 Å². The van der Waals surface area contributed by atoms with Crippen LogP contribution in [0.15, 0.2) is 83.8 Å². The van der Waals surface area contributed by atoms with Crippen molar-refractivity contribution in [1.29, 1.82) is 0 Å². The Balaban J connectivity index is 1.80. The molecule has 176 valence electrons. The lowest BCUT2D eigenvalue weighted by molar-refractivity contribution is -0.731. The fourth-order valence-electron chi connectivity index (χ4n) is 4.58. The summed E-state index contributed by atoms with van der Waals surface area (Å²) in [5.41, 5.74) is 6.36. The molecule has 0 bridgehead atoms. The number of nitrogens with two attached hydrogens (primary N) is 1. The summed E-state index contributed by atoms with van der Waals surface area (Å²) in [5.74, 6) is -1.36. The Labute approximate surface area is 203 Å². The highest BCUT2D eigenvalue weighted by Crippen LogP contribution is 2.60. The van der Waals surface area contributed by atoms with Crippen molar-refractivity contribution >= 4 is 33.6 Å². The number of hydrogen-bond donors (Lipinski definition) is 1. The molecular formula is C25H24ClN2O5S+. The molecule has 0 heterocycles. The fourth-order valence-corrected chi connectivity index (χ4v) is 6.55. The molecule has 3 atom stereocenters. The van der Waals surface area contributed by atoms with Crippen LogP contribution < -0.4 is 5.73 Å². The molecule has 3 aromatic rings. The van der Waals surface area contributed by atoms with E-state index in [1.807, 2.05) is 18.2 Å². The Kier molecular flexibility index (Phi) is 6.01. The molecule has 7 nitrogen and oxygen atoms in total. The highest BCUT2D eigenvalue weighted by atomic mass is 35.5. The number of hydrogen-bond acceptors (Lipinski definition) is 5. The van der Waals surface area contributed by atoms with Crippen LogP contribution in [0.4, 0.5) is 4.79 Å². The van der Waals surface area contributed by atoms with Crippen molar-refractivity contribution in [2.75, 3.05) is 14.2 Å². The van der Waals surface area contributed by atoms with Gasteiger partial charge in [-0.3, -0.25) is 0 Å². The van der Waals surface area contributed by atoms with E-state index in [0.29, 0.717) is 5.02 Å². The number of likely N-dealkylation sites (N-methyl/N-ethyl adjacent to an activating group) is 1. The Morgan fingerprint density at radius 1 is 0.971 bits per heavy atom. The molecule has 0 spiro atoms. The molecule has 1 fully saturated rings. The lowest BCUT2D eigenvalue weighted by Crippen LogP contribution is -2.67. The second-order valence-corrected chi connectivity index (χ2v) is 10.9. The molecule has 0 aliphatic heterocycles. The SMILES string of the molecule is COC(=O)[C@@]1([N+](C)(C(N)=O)S(=O)(=O)c2ccc(-c3ccc(Cl)cc3)cc2)C[C@H]1c1ccccc1. The topological polar surface area (TPSA) is 104 Å². The Morgan fingerprint density at radius 3 is 2.00 bits per heavy atom. The van der Waals surface area contributed by atoms with Crippen LogP contribution in [-0.2, 0) is 19.6 Å². The summed E-state index contributed by atoms with van der Waals surface area (Å²) in [6, 6.07) is 21.0. The summed E-state index contributed by atoms with van der Waals surface area (Å²) in [6.07, 6.45) is 0.102. The summed E-state index contributed by atoms with van der Waals surface area (Å²) in [5, 5.41) is 0.586. The first-order chi connectivity index (χ1) is 16.1. The van der Waals surface area contributed by atoms with Crippen molar-refractivity contribution in [2.24, 2.45) is 5.73 Å². The minimum Gasteiger partial charge on any atom is -0.464 e. The number of urea groups is 1. The Bertz CT molecular complexity index is 1340. The van der Waals surface area contributed by atoms with E-state index in [4.69, 9.17) is 22.1 Å². The van der Waals surface area contributed by atoms with Gasteiger partial charge in [0.25, 0.3) is 0 Å². The molecule has 1 unspecified atom stereocenters. The van der Waals surface area contributed by atoms with Crippen LogP contribution in [0, 0.1) is 0 Å². The monoisotopic (exact) mass is 499 g/mol. The number of benzene rings is 3. The standard InChI is InChI=1S/C25H23ClN2O5S/c1-28(24(27)30,25(23(29)33-2)16-22(25)19-6-4-3-5-7-19)34(31,32)21-14-10-18(11-15-21)17-8-12-20(26)13-9-17/h3-15,22H,16H2,1-2H3,(H-,27,30)/p+1/t22-,25+,28?/m0/s1. The normalized spacial score (nSPS) is 21.3. The molecule has 34 heavy (non-hydrogen) atoms. The van der Waals surface area contributed by atoms with Crippen molar-refractivity contribution in [2.45, 2.75) is 22.8 Å². The van der Waals surface area contributed by atoms with E-state index in [2.05, 4.69) is 0 Å². The first-order valence-corrected chi connectivity index (χ1v) is 12.3. The van der Waals surface area contributed by atoms with Gasteiger partial charge in [-0.1, -0.05) is 66.2 Å². The van der Waals surface area contributed by atoms with Crippen molar-refractivity contribution in [3.05, 3.63) is 89.4 Å². The molecule has 1 aliphatic rings. The van der Waals surface area contributed by atoms with Crippen molar-refractivity contribution < 1.29 is 26.6 Å². The Hall–Kier alpha value is -3.20. The molecule has 1 aliphatic carbocycles. The summed E-state index contributed by atoms with van der Waals surface area (Å²) < 4.78 is 31.5. The van der Waals surface area contributed by atoms with Crippen LogP contribution in [0.25, 0.3) is 11.1 Å². The smallest absolute Gasteiger partial charge is 0.430 e. The lowest BCUT2D eigenvalue weighted by Gasteiger charge is -2.35. The number of methoxy groups -OCH3 is 1. The van der Waals surface area contributed by atoms with Gasteiger partial charge >= 0.3 is 22.0 Å². The van der Waals surface area contributed by atoms with Crippen LogP contribution >= 0.6 is 11.6 Å². The van der Waals surface area contributed by atoms with Crippen LogP contribution in [-0.4, -0.2) is 44.0 Å². The van der Waals surface area contributed by atoms with Gasteiger partial charge in [0.05, 0.1) is 20.1 Å². The quantitative estimate of drug-likeness (QED) is 0.402. The van der Waals surface area contributed by atoms with Crippen LogP contribution in [0.3, 0.4) is 0 Å². The minimum absolute atomic E-state index is 0.102. The maximum absolute atomic E-state index is 13.9. The molecule has 0 radical (unpaired) electrons. The first-order valence-electron chi connectivity index (χ1n) is 10.5. The van der Waals surface area contributed by atoms with E-state index >= 15 is 0 Å². The minimum atomic E-state index is -4.46. The van der Waals surface area contributed by atoms with Gasteiger partial charge in [-0.2, -0.15) is 8.42 Å². The summed E-state index contributed by atoms with van der Waals surface area (Å²) in [6.45, 7) is 0. The average molecular weight is 500 g/mol. The van der Waals surface area contributed by atoms with Crippen LogP contribution in [0.2, 0.25) is 5.02 Å². The zero-order valence-corrected chi connectivity index (χ0v) is 20.2. The molecule has 0 saturated heterocycles. The van der Waals surface area contributed by atoms with Gasteiger partial charge in [0.1, 0.15) is 4.90 Å². The molecule has 9 heteroatoms. The van der Waals surface area contributed by atoms with Gasteiger partial charge in [-0.25, -0.2) is 9.59 Å². The largest absolute Gasteiger partial charge is 0.464 e. The molecule has 1 saturated carbocycles. The number of nitrogens with zero attached hydrogens (tertiary/aromatic N) is 1. The fraction of sp³-hybridized carbons (Fsp3) is 0.200. The third kappa shape index (κ3) is 3.50. The van der Waals surface area contributed by atoms with Crippen molar-refractivity contribution in [3.8, 4) is 11.1 Å². The number of amides is 2. The number of ether oxygens (including phenoxy) is 1. The second-order valence-electron chi connectivity index (χ2n) is 8.35. The number of rotatable bonds is 6. The lowest BCUT2D eigenvalue weighted by atomic mass is 10.1. The average Bonchev–Trinajstić information content (AvgIpc) is 3.61. The number of halogens is 1. The summed E-state index contributed by atoms with van der Waals surface area (Å²) in [7, 11) is -2.11. The molecule has 2 amide bonds. The third-order valence-corrected chi connectivity index (χ3v) is 9.25. The highest BCUT2D eigenvalue weighted by Gasteiger charge is 2.80. The van der Waals surface area contributed by atoms with Gasteiger partial charge in [0.2, 0.25) is 5.54 Å². The van der Waals surface area contributed by atoms with E-state index in [9.17, 15) is 18.0 Å².